The Morgan fingerprint density at radius 3 is 2.64 bits per heavy atom. The van der Waals surface area contributed by atoms with E-state index in [1.807, 2.05) is 12.1 Å². The molecule has 1 saturated carbocycles. The van der Waals surface area contributed by atoms with Crippen molar-refractivity contribution < 1.29 is 4.79 Å². The zero-order chi connectivity index (χ0) is 19.8. The van der Waals surface area contributed by atoms with E-state index in [0.29, 0.717) is 18.1 Å². The molecule has 1 aromatic carbocycles. The molecule has 1 fully saturated rings. The van der Waals surface area contributed by atoms with E-state index >= 15 is 0 Å². The van der Waals surface area contributed by atoms with Crippen molar-refractivity contribution in [3.63, 3.8) is 0 Å². The van der Waals surface area contributed by atoms with Gasteiger partial charge in [0.2, 0.25) is 0 Å². The lowest BCUT2D eigenvalue weighted by Gasteiger charge is -2.12. The maximum atomic E-state index is 12.9. The molecule has 0 bridgehead atoms. The lowest BCUT2D eigenvalue weighted by atomic mass is 10.1. The first kappa shape index (κ1) is 18.4. The van der Waals surface area contributed by atoms with Gasteiger partial charge in [0.1, 0.15) is 0 Å². The van der Waals surface area contributed by atoms with Crippen LogP contribution in [-0.4, -0.2) is 20.4 Å². The van der Waals surface area contributed by atoms with Crippen LogP contribution in [0.15, 0.2) is 39.9 Å². The molecule has 28 heavy (non-hydrogen) atoms. The van der Waals surface area contributed by atoms with Gasteiger partial charge in [-0.05, 0) is 43.5 Å². The van der Waals surface area contributed by atoms with Gasteiger partial charge in [-0.3, -0.25) is 19.1 Å². The minimum atomic E-state index is -0.601. The van der Waals surface area contributed by atoms with Crippen LogP contribution in [0.2, 0.25) is 5.02 Å². The summed E-state index contributed by atoms with van der Waals surface area (Å²) in [7, 11) is 0. The summed E-state index contributed by atoms with van der Waals surface area (Å²) in [6.45, 7) is 2.44. The summed E-state index contributed by atoms with van der Waals surface area (Å²) in [5, 5.41) is 3.60. The fraction of sp³-hybridized carbons (Fsp3) is 0.300. The summed E-state index contributed by atoms with van der Waals surface area (Å²) in [5.74, 6) is -0.108. The molecule has 0 unspecified atom stereocenters. The van der Waals surface area contributed by atoms with Crippen molar-refractivity contribution in [1.29, 1.82) is 0 Å². The number of carbonyl (C=O) groups is 1. The summed E-state index contributed by atoms with van der Waals surface area (Å²) in [4.78, 5) is 44.4. The van der Waals surface area contributed by atoms with Crippen LogP contribution >= 0.6 is 11.6 Å². The van der Waals surface area contributed by atoms with Gasteiger partial charge in [-0.25, -0.2) is 9.78 Å². The summed E-state index contributed by atoms with van der Waals surface area (Å²) in [6, 6.07) is 8.83. The van der Waals surface area contributed by atoms with E-state index in [0.717, 1.165) is 24.1 Å². The third-order valence-corrected chi connectivity index (χ3v) is 5.14. The molecule has 2 aromatic heterocycles. The van der Waals surface area contributed by atoms with Crippen molar-refractivity contribution in [3.05, 3.63) is 73.0 Å². The first-order chi connectivity index (χ1) is 13.5. The molecule has 1 amide bonds. The number of hydrogen-bond donors (Lipinski definition) is 2. The molecule has 0 saturated heterocycles. The molecule has 8 heteroatoms. The second-order valence-electron chi connectivity index (χ2n) is 6.88. The van der Waals surface area contributed by atoms with Gasteiger partial charge in [-0.2, -0.15) is 0 Å². The first-order valence-corrected chi connectivity index (χ1v) is 9.56. The zero-order valence-corrected chi connectivity index (χ0v) is 16.0. The third-order valence-electron chi connectivity index (χ3n) is 4.89. The number of nitrogens with one attached hydrogen (secondary N) is 2. The van der Waals surface area contributed by atoms with Gasteiger partial charge in [0, 0.05) is 29.7 Å². The van der Waals surface area contributed by atoms with Gasteiger partial charge < -0.3 is 5.32 Å². The molecule has 0 aliphatic heterocycles. The van der Waals surface area contributed by atoms with Gasteiger partial charge >= 0.3 is 5.69 Å². The fourth-order valence-electron chi connectivity index (χ4n) is 3.23. The van der Waals surface area contributed by atoms with Crippen molar-refractivity contribution in [2.24, 2.45) is 0 Å². The molecule has 2 N–H and O–H groups in total. The van der Waals surface area contributed by atoms with E-state index in [9.17, 15) is 14.4 Å². The Hall–Kier alpha value is -2.93. The van der Waals surface area contributed by atoms with Crippen LogP contribution in [0.3, 0.4) is 0 Å². The van der Waals surface area contributed by atoms with Crippen LogP contribution in [-0.2, 0) is 13.1 Å². The molecule has 0 radical (unpaired) electrons. The molecule has 7 nitrogen and oxygen atoms in total. The molecule has 4 rings (SSSR count). The molecule has 2 heterocycles. The molecular weight excluding hydrogens is 380 g/mol. The number of aromatic amines is 1. The van der Waals surface area contributed by atoms with Gasteiger partial charge in [0.15, 0.2) is 5.65 Å². The molecule has 3 aromatic rings. The normalized spacial score (nSPS) is 13.6. The second-order valence-corrected chi connectivity index (χ2v) is 7.32. The van der Waals surface area contributed by atoms with E-state index in [4.69, 9.17) is 11.6 Å². The largest absolute Gasteiger partial charge is 0.348 e. The highest BCUT2D eigenvalue weighted by Gasteiger charge is 2.28. The minimum absolute atomic E-state index is 0.138. The van der Waals surface area contributed by atoms with Gasteiger partial charge in [-0.15, -0.1) is 0 Å². The van der Waals surface area contributed by atoms with Crippen LogP contribution in [0, 0.1) is 0 Å². The smallest absolute Gasteiger partial charge is 0.329 e. The van der Waals surface area contributed by atoms with E-state index in [-0.39, 0.29) is 28.4 Å². The zero-order valence-electron chi connectivity index (χ0n) is 15.3. The Morgan fingerprint density at radius 1 is 1.29 bits per heavy atom. The van der Waals surface area contributed by atoms with Crippen LogP contribution in [0.25, 0.3) is 11.0 Å². The quantitative estimate of drug-likeness (QED) is 0.690. The van der Waals surface area contributed by atoms with Gasteiger partial charge in [-0.1, -0.05) is 23.7 Å². The number of carbonyl (C=O) groups excluding carboxylic acids is 1. The lowest BCUT2D eigenvalue weighted by molar-refractivity contribution is 0.0952. The second kappa shape index (κ2) is 7.24. The van der Waals surface area contributed by atoms with Crippen LogP contribution < -0.4 is 16.6 Å². The van der Waals surface area contributed by atoms with E-state index in [1.165, 1.54) is 4.57 Å². The van der Waals surface area contributed by atoms with Crippen molar-refractivity contribution >= 4 is 28.5 Å². The Bertz CT molecular complexity index is 1180. The number of amides is 1. The monoisotopic (exact) mass is 398 g/mol. The first-order valence-electron chi connectivity index (χ1n) is 9.18. The maximum Gasteiger partial charge on any atom is 0.329 e. The molecule has 1 aliphatic rings. The number of nitrogens with zero attached hydrogens (tertiary/aromatic N) is 2. The predicted molar refractivity (Wildman–Crippen MR) is 107 cm³/mol. The lowest BCUT2D eigenvalue weighted by Crippen LogP contribution is -2.33. The predicted octanol–water partition coefficient (Wildman–Crippen LogP) is 2.57. The standard InChI is InChI=1S/C20H19ClN4O3/c1-2-25-17-16(19(27)24-20(25)28)14(9-15(23-17)12-5-6-12)18(26)22-10-11-3-7-13(21)8-4-11/h3-4,7-9,12H,2,5-6,10H2,1H3,(H,22,26)(H,24,27,28). The Labute approximate surface area is 165 Å². The summed E-state index contributed by atoms with van der Waals surface area (Å²) >= 11 is 5.89. The highest BCUT2D eigenvalue weighted by atomic mass is 35.5. The molecule has 1 aliphatic carbocycles. The summed E-state index contributed by atoms with van der Waals surface area (Å²) < 4.78 is 1.39. The Balaban J connectivity index is 1.78. The third kappa shape index (κ3) is 3.45. The topological polar surface area (TPSA) is 96.9 Å². The molecule has 0 atom stereocenters. The van der Waals surface area contributed by atoms with E-state index < -0.39 is 11.2 Å². The highest BCUT2D eigenvalue weighted by Crippen LogP contribution is 2.39. The van der Waals surface area contributed by atoms with E-state index in [1.54, 1.807) is 25.1 Å². The van der Waals surface area contributed by atoms with Crippen molar-refractivity contribution in [1.82, 2.24) is 19.9 Å². The number of aromatic nitrogens is 3. The number of fused-ring (bicyclic) bond motifs is 1. The van der Waals surface area contributed by atoms with Crippen molar-refractivity contribution in [2.45, 2.75) is 38.8 Å². The number of aryl methyl sites for hydroxylation is 1. The van der Waals surface area contributed by atoms with Gasteiger partial charge in [0.05, 0.1) is 10.9 Å². The number of rotatable bonds is 5. The average Bonchev–Trinajstić information content (AvgIpc) is 3.52. The number of hydrogen-bond acceptors (Lipinski definition) is 4. The number of pyridine rings is 1. The average molecular weight is 399 g/mol. The molecule has 0 spiro atoms. The Morgan fingerprint density at radius 2 is 2.00 bits per heavy atom. The van der Waals surface area contributed by atoms with Crippen molar-refractivity contribution in [3.8, 4) is 0 Å². The summed E-state index contributed by atoms with van der Waals surface area (Å²) in [6.07, 6.45) is 1.98. The molecule has 144 valence electrons. The summed E-state index contributed by atoms with van der Waals surface area (Å²) in [5.41, 5.74) is 1.01. The number of halogens is 1. The fourth-order valence-corrected chi connectivity index (χ4v) is 3.36. The molecular formula is C20H19ClN4O3. The maximum absolute atomic E-state index is 12.9. The highest BCUT2D eigenvalue weighted by molar-refractivity contribution is 6.30. The Kier molecular flexibility index (Phi) is 4.77. The number of benzene rings is 1. The van der Waals surface area contributed by atoms with Crippen LogP contribution in [0.4, 0.5) is 0 Å². The van der Waals surface area contributed by atoms with Crippen molar-refractivity contribution in [2.75, 3.05) is 0 Å². The number of H-pyrrole nitrogens is 1. The minimum Gasteiger partial charge on any atom is -0.348 e. The SMILES string of the molecule is CCn1c(=O)[nH]c(=O)c2c(C(=O)NCc3ccc(Cl)cc3)cc(C3CC3)nc21. The van der Waals surface area contributed by atoms with E-state index in [2.05, 4.69) is 15.3 Å². The van der Waals surface area contributed by atoms with Crippen LogP contribution in [0.1, 0.15) is 47.3 Å². The van der Waals surface area contributed by atoms with Gasteiger partial charge in [0.25, 0.3) is 11.5 Å². The van der Waals surface area contributed by atoms with Crippen LogP contribution in [0.5, 0.6) is 0 Å².